The molecule has 4 rings (SSSR count). The first-order valence-electron chi connectivity index (χ1n) is 9.27. The van der Waals surface area contributed by atoms with Gasteiger partial charge in [-0.15, -0.1) is 0 Å². The molecule has 2 aliphatic heterocycles. The molecule has 0 radical (unpaired) electrons. The van der Waals surface area contributed by atoms with E-state index in [-0.39, 0.29) is 11.6 Å². The highest BCUT2D eigenvalue weighted by molar-refractivity contribution is 5.92. The number of carboxylic acid groups (broad SMARTS) is 1. The first-order chi connectivity index (χ1) is 12.8. The largest absolute Gasteiger partial charge is 0.481 e. The van der Waals surface area contributed by atoms with Crippen molar-refractivity contribution in [3.05, 3.63) is 35.5 Å². The third kappa shape index (κ3) is 2.84. The molecule has 2 saturated heterocycles. The Bertz CT molecular complexity index is 920. The molecule has 1 N–H and O–H groups in total. The molecule has 0 saturated carbocycles. The second-order valence-electron chi connectivity index (χ2n) is 7.82. The van der Waals surface area contributed by atoms with Crippen LogP contribution in [0.3, 0.4) is 0 Å². The molecule has 2 fully saturated rings. The van der Waals surface area contributed by atoms with Crippen LogP contribution in [0.4, 0.5) is 14.5 Å². The smallest absolute Gasteiger partial charge is 0.311 e. The zero-order chi connectivity index (χ0) is 19.3. The quantitative estimate of drug-likeness (QED) is 0.874. The molecule has 27 heavy (non-hydrogen) atoms. The molecule has 2 aromatic rings. The second-order valence-corrected chi connectivity index (χ2v) is 7.82. The number of piperidine rings is 2. The van der Waals surface area contributed by atoms with E-state index >= 15 is 0 Å². The summed E-state index contributed by atoms with van der Waals surface area (Å²) < 4.78 is 28.1. The molecule has 0 unspecified atom stereocenters. The molecular weight excluding hydrogens is 352 g/mol. The molecule has 0 amide bonds. The zero-order valence-corrected chi connectivity index (χ0v) is 15.5. The van der Waals surface area contributed by atoms with Crippen molar-refractivity contribution in [1.29, 1.82) is 0 Å². The fourth-order valence-electron chi connectivity index (χ4n) is 4.82. The average Bonchev–Trinajstić information content (AvgIpc) is 2.62. The van der Waals surface area contributed by atoms with Crippen LogP contribution in [-0.2, 0) is 4.79 Å². The lowest BCUT2D eigenvalue weighted by Gasteiger charge is -2.52. The summed E-state index contributed by atoms with van der Waals surface area (Å²) in [6.07, 6.45) is 2.05. The normalized spacial score (nSPS) is 26.2. The number of fused-ring (bicyclic) bond motifs is 2. The first-order valence-corrected chi connectivity index (χ1v) is 9.27. The number of hydrogen-bond donors (Lipinski definition) is 1. The molecule has 7 heteroatoms. The van der Waals surface area contributed by atoms with Crippen LogP contribution < -0.4 is 4.90 Å². The van der Waals surface area contributed by atoms with Crippen molar-refractivity contribution in [3.63, 3.8) is 0 Å². The number of aromatic nitrogens is 1. The van der Waals surface area contributed by atoms with Crippen molar-refractivity contribution < 1.29 is 18.7 Å². The van der Waals surface area contributed by atoms with Crippen LogP contribution in [0.1, 0.15) is 25.0 Å². The van der Waals surface area contributed by atoms with Crippen LogP contribution in [0.25, 0.3) is 10.9 Å². The third-order valence-corrected chi connectivity index (χ3v) is 6.23. The van der Waals surface area contributed by atoms with Gasteiger partial charge in [0.25, 0.3) is 0 Å². The van der Waals surface area contributed by atoms with Crippen molar-refractivity contribution in [2.45, 2.75) is 32.2 Å². The number of carbonyl (C=O) groups is 1. The zero-order valence-electron chi connectivity index (χ0n) is 15.5. The summed E-state index contributed by atoms with van der Waals surface area (Å²) >= 11 is 0. The third-order valence-electron chi connectivity index (χ3n) is 6.23. The van der Waals surface area contributed by atoms with E-state index in [9.17, 15) is 18.7 Å². The van der Waals surface area contributed by atoms with Gasteiger partial charge in [0.05, 0.1) is 5.41 Å². The topological polar surface area (TPSA) is 56.7 Å². The second kappa shape index (κ2) is 6.41. The summed E-state index contributed by atoms with van der Waals surface area (Å²) in [5, 5.41) is 10.4. The van der Waals surface area contributed by atoms with E-state index in [1.807, 2.05) is 13.1 Å². The molecule has 1 aromatic heterocycles. The lowest BCUT2D eigenvalue weighted by Crippen LogP contribution is -2.63. The fourth-order valence-corrected chi connectivity index (χ4v) is 4.82. The summed E-state index contributed by atoms with van der Waals surface area (Å²) in [6.45, 7) is 3.68. The summed E-state index contributed by atoms with van der Waals surface area (Å²) in [5.41, 5.74) is 0.764. The van der Waals surface area contributed by atoms with Crippen LogP contribution in [0.15, 0.2) is 18.2 Å². The van der Waals surface area contributed by atoms with Crippen LogP contribution >= 0.6 is 0 Å². The number of pyridine rings is 1. The van der Waals surface area contributed by atoms with E-state index in [1.165, 1.54) is 6.07 Å². The van der Waals surface area contributed by atoms with Gasteiger partial charge in [-0.25, -0.2) is 13.8 Å². The first kappa shape index (κ1) is 18.1. The molecular formula is C20H23F2N3O2. The van der Waals surface area contributed by atoms with Crippen molar-refractivity contribution in [3.8, 4) is 0 Å². The summed E-state index contributed by atoms with van der Waals surface area (Å²) in [7, 11) is 1.96. The minimum absolute atomic E-state index is 0.139. The number of carboxylic acids is 1. The minimum Gasteiger partial charge on any atom is -0.481 e. The highest BCUT2D eigenvalue weighted by Gasteiger charge is 2.52. The highest BCUT2D eigenvalue weighted by Crippen LogP contribution is 2.44. The van der Waals surface area contributed by atoms with Gasteiger partial charge >= 0.3 is 5.97 Å². The molecule has 0 bridgehead atoms. The maximum Gasteiger partial charge on any atom is 0.311 e. The number of hydrogen-bond acceptors (Lipinski definition) is 4. The Kier molecular flexibility index (Phi) is 4.29. The lowest BCUT2D eigenvalue weighted by molar-refractivity contribution is -0.158. The Hall–Kier alpha value is -2.28. The predicted octanol–water partition coefficient (Wildman–Crippen LogP) is 3.20. The maximum atomic E-state index is 14.3. The highest BCUT2D eigenvalue weighted by atomic mass is 19.1. The number of likely N-dealkylation sites (N-methyl/N-ethyl adjacent to an activating group) is 1. The summed E-state index contributed by atoms with van der Waals surface area (Å²) in [5.74, 6) is -2.06. The van der Waals surface area contributed by atoms with Gasteiger partial charge in [-0.3, -0.25) is 4.79 Å². The Labute approximate surface area is 156 Å². The molecule has 0 spiro atoms. The maximum absolute atomic E-state index is 14.3. The van der Waals surface area contributed by atoms with Gasteiger partial charge in [0.1, 0.15) is 11.3 Å². The van der Waals surface area contributed by atoms with Crippen molar-refractivity contribution >= 4 is 22.6 Å². The number of aryl methyl sites for hydroxylation is 1. The van der Waals surface area contributed by atoms with Crippen LogP contribution in [0.5, 0.6) is 0 Å². The van der Waals surface area contributed by atoms with Gasteiger partial charge in [0.2, 0.25) is 0 Å². The molecule has 3 heterocycles. The number of aliphatic carboxylic acids is 1. The monoisotopic (exact) mass is 375 g/mol. The van der Waals surface area contributed by atoms with Gasteiger partial charge < -0.3 is 14.9 Å². The Morgan fingerprint density at radius 2 is 2.04 bits per heavy atom. The van der Waals surface area contributed by atoms with Gasteiger partial charge in [-0.2, -0.15) is 0 Å². The van der Waals surface area contributed by atoms with E-state index < -0.39 is 23.0 Å². The number of anilines is 1. The van der Waals surface area contributed by atoms with E-state index in [1.54, 1.807) is 6.92 Å². The van der Waals surface area contributed by atoms with Gasteiger partial charge in [-0.1, -0.05) is 0 Å². The molecule has 1 aromatic carbocycles. The van der Waals surface area contributed by atoms with Crippen molar-refractivity contribution in [1.82, 2.24) is 9.88 Å². The van der Waals surface area contributed by atoms with Crippen molar-refractivity contribution in [2.75, 3.05) is 31.6 Å². The average molecular weight is 375 g/mol. The lowest BCUT2D eigenvalue weighted by atomic mass is 9.68. The fraction of sp³-hybridized carbons (Fsp3) is 0.500. The van der Waals surface area contributed by atoms with Gasteiger partial charge in [-0.05, 0) is 51.9 Å². The summed E-state index contributed by atoms with van der Waals surface area (Å²) in [4.78, 5) is 20.5. The van der Waals surface area contributed by atoms with E-state index in [2.05, 4.69) is 14.8 Å². The molecule has 144 valence electrons. The molecule has 2 atom stereocenters. The number of likely N-dealkylation sites (tertiary alicyclic amines) is 1. The predicted molar refractivity (Wildman–Crippen MR) is 98.9 cm³/mol. The van der Waals surface area contributed by atoms with E-state index in [0.29, 0.717) is 42.7 Å². The van der Waals surface area contributed by atoms with Crippen LogP contribution in [0.2, 0.25) is 0 Å². The SMILES string of the molecule is Cc1cc(N2CC[C@@]3(C(=O)O)CCCN(C)[C@@H]3C2)c2cc(F)cc(F)c2n1. The molecule has 0 aliphatic carbocycles. The number of halogens is 2. The molecule has 5 nitrogen and oxygen atoms in total. The number of nitrogens with zero attached hydrogens (tertiary/aromatic N) is 3. The Morgan fingerprint density at radius 1 is 1.26 bits per heavy atom. The van der Waals surface area contributed by atoms with E-state index in [0.717, 1.165) is 19.0 Å². The van der Waals surface area contributed by atoms with Crippen LogP contribution in [-0.4, -0.2) is 53.7 Å². The summed E-state index contributed by atoms with van der Waals surface area (Å²) in [6, 6.07) is 3.85. The number of benzene rings is 1. The Morgan fingerprint density at radius 3 is 2.78 bits per heavy atom. The van der Waals surface area contributed by atoms with E-state index in [4.69, 9.17) is 0 Å². The number of rotatable bonds is 2. The van der Waals surface area contributed by atoms with Gasteiger partial charge in [0.15, 0.2) is 5.82 Å². The molecule has 2 aliphatic rings. The van der Waals surface area contributed by atoms with Crippen molar-refractivity contribution in [2.24, 2.45) is 5.41 Å². The Balaban J connectivity index is 1.78. The van der Waals surface area contributed by atoms with Gasteiger partial charge in [0, 0.05) is 42.0 Å². The standard InChI is InChI=1S/C20H23F2N3O2/c1-12-8-16(14-9-13(21)10-15(22)18(14)23-12)25-7-5-20(19(26)27)4-3-6-24(2)17(20)11-25/h8-10,17H,3-7,11H2,1-2H3,(H,26,27)/t17-,20+/m1/s1. The minimum atomic E-state index is -0.752. The van der Waals surface area contributed by atoms with Crippen LogP contribution in [0, 0.1) is 24.0 Å².